The number of rotatable bonds is 3. The summed E-state index contributed by atoms with van der Waals surface area (Å²) in [5, 5.41) is 8.62. The van der Waals surface area contributed by atoms with Crippen LogP contribution < -0.4 is 0 Å². The van der Waals surface area contributed by atoms with Gasteiger partial charge in [-0.3, -0.25) is 0 Å². The van der Waals surface area contributed by atoms with Crippen molar-refractivity contribution >= 4 is 23.6 Å². The molecule has 0 aliphatic heterocycles. The number of halogens is 3. The van der Waals surface area contributed by atoms with Gasteiger partial charge in [-0.2, -0.15) is 8.78 Å². The molecule has 0 bridgehead atoms. The molecule has 1 aromatic carbocycles. The minimum atomic E-state index is -3.85. The van der Waals surface area contributed by atoms with E-state index >= 15 is 0 Å². The molecule has 1 rings (SSSR count). The van der Waals surface area contributed by atoms with Crippen LogP contribution in [0.1, 0.15) is 5.56 Å². The molecule has 0 aliphatic rings. The lowest BCUT2D eigenvalue weighted by Crippen LogP contribution is -2.24. The number of alkyl halides is 2. The summed E-state index contributed by atoms with van der Waals surface area (Å²) < 4.78 is 25.2. The van der Waals surface area contributed by atoms with Crippen molar-refractivity contribution in [1.29, 1.82) is 0 Å². The number of carboxylic acid groups (broad SMARTS) is 1. The van der Waals surface area contributed by atoms with Crippen molar-refractivity contribution in [2.45, 2.75) is 5.92 Å². The Labute approximate surface area is 89.8 Å². The van der Waals surface area contributed by atoms with E-state index < -0.39 is 11.9 Å². The van der Waals surface area contributed by atoms with Gasteiger partial charge in [-0.15, -0.1) is 0 Å². The van der Waals surface area contributed by atoms with Gasteiger partial charge in [0.1, 0.15) is 0 Å². The van der Waals surface area contributed by atoms with E-state index in [2.05, 4.69) is 0 Å². The van der Waals surface area contributed by atoms with Gasteiger partial charge in [0, 0.05) is 5.02 Å². The Hall–Kier alpha value is -1.42. The molecule has 1 N–H and O–H groups in total. The van der Waals surface area contributed by atoms with Crippen molar-refractivity contribution < 1.29 is 18.7 Å². The van der Waals surface area contributed by atoms with Crippen LogP contribution in [0, 0.1) is 0 Å². The molecule has 0 amide bonds. The van der Waals surface area contributed by atoms with Gasteiger partial charge in [-0.1, -0.05) is 29.8 Å². The predicted molar refractivity (Wildman–Crippen MR) is 53.1 cm³/mol. The maximum atomic E-state index is 12.6. The van der Waals surface area contributed by atoms with Gasteiger partial charge >= 0.3 is 11.9 Å². The second kappa shape index (κ2) is 4.40. The van der Waals surface area contributed by atoms with Crippen molar-refractivity contribution in [3.8, 4) is 0 Å². The van der Waals surface area contributed by atoms with E-state index in [9.17, 15) is 13.6 Å². The maximum absolute atomic E-state index is 12.6. The summed E-state index contributed by atoms with van der Waals surface area (Å²) in [5.74, 6) is -6.02. The van der Waals surface area contributed by atoms with E-state index in [-0.39, 0.29) is 0 Å². The van der Waals surface area contributed by atoms with Gasteiger partial charge in [-0.25, -0.2) is 4.79 Å². The number of carbonyl (C=O) groups is 1. The van der Waals surface area contributed by atoms with E-state index in [1.807, 2.05) is 0 Å². The summed E-state index contributed by atoms with van der Waals surface area (Å²) in [5.41, 5.74) is 0.459. The Kier molecular flexibility index (Phi) is 3.42. The molecular weight excluding hydrogens is 226 g/mol. The first-order valence-electron chi connectivity index (χ1n) is 3.98. The number of benzene rings is 1. The van der Waals surface area contributed by atoms with E-state index in [1.54, 1.807) is 0 Å². The molecule has 0 spiro atoms. The lowest BCUT2D eigenvalue weighted by atomic mass is 10.2. The number of hydrogen-bond donors (Lipinski definition) is 1. The smallest absolute Gasteiger partial charge is 0.378 e. The van der Waals surface area contributed by atoms with Crippen molar-refractivity contribution in [1.82, 2.24) is 0 Å². The number of aliphatic carboxylic acids is 1. The first kappa shape index (κ1) is 11.7. The first-order valence-corrected chi connectivity index (χ1v) is 4.35. The van der Waals surface area contributed by atoms with Crippen LogP contribution in [0.15, 0.2) is 30.3 Å². The highest BCUT2D eigenvalue weighted by molar-refractivity contribution is 6.30. The zero-order valence-electron chi connectivity index (χ0n) is 7.45. The molecule has 0 fully saturated rings. The van der Waals surface area contributed by atoms with Gasteiger partial charge in [-0.05, 0) is 23.8 Å². The Balaban J connectivity index is 2.82. The molecule has 0 heterocycles. The molecule has 5 heteroatoms. The average molecular weight is 233 g/mol. The summed E-state index contributed by atoms with van der Waals surface area (Å²) in [6.45, 7) is 0. The monoisotopic (exact) mass is 232 g/mol. The Morgan fingerprint density at radius 2 is 1.87 bits per heavy atom. The normalized spacial score (nSPS) is 11.9. The molecule has 15 heavy (non-hydrogen) atoms. The fourth-order valence-electron chi connectivity index (χ4n) is 0.846. The van der Waals surface area contributed by atoms with Crippen LogP contribution >= 0.6 is 11.6 Å². The van der Waals surface area contributed by atoms with E-state index in [0.29, 0.717) is 16.7 Å². The summed E-state index contributed by atoms with van der Waals surface area (Å²) >= 11 is 5.59. The van der Waals surface area contributed by atoms with Gasteiger partial charge in [0.15, 0.2) is 0 Å². The van der Waals surface area contributed by atoms with Crippen LogP contribution in [0.5, 0.6) is 0 Å². The van der Waals surface area contributed by atoms with E-state index in [4.69, 9.17) is 16.7 Å². The molecule has 0 atom stereocenters. The fraction of sp³-hybridized carbons (Fsp3) is 0.100. The SMILES string of the molecule is O=C(O)C(F)(F)/C=C/c1ccc(Cl)cc1. The maximum Gasteiger partial charge on any atom is 0.378 e. The largest absolute Gasteiger partial charge is 0.477 e. The molecule has 2 nitrogen and oxygen atoms in total. The summed E-state index contributed by atoms with van der Waals surface area (Å²) in [6, 6.07) is 6.08. The van der Waals surface area contributed by atoms with Gasteiger partial charge in [0.2, 0.25) is 0 Å². The Morgan fingerprint density at radius 1 is 1.33 bits per heavy atom. The zero-order valence-corrected chi connectivity index (χ0v) is 8.21. The van der Waals surface area contributed by atoms with Crippen molar-refractivity contribution in [2.24, 2.45) is 0 Å². The zero-order chi connectivity index (χ0) is 11.5. The van der Waals surface area contributed by atoms with Crippen LogP contribution in [-0.4, -0.2) is 17.0 Å². The third kappa shape index (κ3) is 3.32. The average Bonchev–Trinajstić information content (AvgIpc) is 2.17. The highest BCUT2D eigenvalue weighted by Gasteiger charge is 2.35. The first-order chi connectivity index (χ1) is 6.92. The highest BCUT2D eigenvalue weighted by atomic mass is 35.5. The molecule has 0 aliphatic carbocycles. The standard InChI is InChI=1S/C10H7ClF2O2/c11-8-3-1-7(2-4-8)5-6-10(12,13)9(14)15/h1-6H,(H,14,15)/b6-5+. The molecule has 0 radical (unpaired) electrons. The van der Waals surface area contributed by atoms with Gasteiger partial charge in [0.05, 0.1) is 0 Å². The van der Waals surface area contributed by atoms with Crippen LogP contribution in [0.2, 0.25) is 5.02 Å². The predicted octanol–water partition coefficient (Wildman–Crippen LogP) is 3.07. The lowest BCUT2D eigenvalue weighted by Gasteiger charge is -2.03. The van der Waals surface area contributed by atoms with E-state index in [1.165, 1.54) is 24.3 Å². The molecule has 80 valence electrons. The third-order valence-corrected chi connectivity index (χ3v) is 1.89. The van der Waals surface area contributed by atoms with Crippen LogP contribution in [-0.2, 0) is 4.79 Å². The second-order valence-corrected chi connectivity index (χ2v) is 3.25. The topological polar surface area (TPSA) is 37.3 Å². The minimum Gasteiger partial charge on any atom is -0.477 e. The van der Waals surface area contributed by atoms with Crippen LogP contribution in [0.25, 0.3) is 6.08 Å². The summed E-state index contributed by atoms with van der Waals surface area (Å²) in [4.78, 5) is 10.1. The van der Waals surface area contributed by atoms with Gasteiger partial charge in [0.25, 0.3) is 0 Å². The summed E-state index contributed by atoms with van der Waals surface area (Å²) in [6.07, 6.45) is 1.36. The van der Waals surface area contributed by atoms with E-state index in [0.717, 1.165) is 6.08 Å². The second-order valence-electron chi connectivity index (χ2n) is 2.81. The molecular formula is C10H7ClF2O2. The molecule has 0 aromatic heterocycles. The van der Waals surface area contributed by atoms with Crippen molar-refractivity contribution in [3.05, 3.63) is 40.9 Å². The molecule has 1 aromatic rings. The van der Waals surface area contributed by atoms with Crippen molar-refractivity contribution in [3.63, 3.8) is 0 Å². The minimum absolute atomic E-state index is 0.332. The number of hydrogen-bond acceptors (Lipinski definition) is 1. The van der Waals surface area contributed by atoms with Gasteiger partial charge < -0.3 is 5.11 Å². The summed E-state index contributed by atoms with van der Waals surface area (Å²) in [7, 11) is 0. The molecule has 0 saturated heterocycles. The Morgan fingerprint density at radius 3 is 2.33 bits per heavy atom. The van der Waals surface area contributed by atoms with Crippen molar-refractivity contribution in [2.75, 3.05) is 0 Å². The fourth-order valence-corrected chi connectivity index (χ4v) is 0.972. The lowest BCUT2D eigenvalue weighted by molar-refractivity contribution is -0.157. The quantitative estimate of drug-likeness (QED) is 0.870. The highest BCUT2D eigenvalue weighted by Crippen LogP contribution is 2.18. The van der Waals surface area contributed by atoms with Crippen LogP contribution in [0.4, 0.5) is 8.78 Å². The molecule has 0 unspecified atom stereocenters. The number of carboxylic acids is 1. The van der Waals surface area contributed by atoms with Crippen LogP contribution in [0.3, 0.4) is 0 Å². The third-order valence-electron chi connectivity index (χ3n) is 1.64. The Bertz CT molecular complexity index is 385. The molecule has 0 saturated carbocycles.